The number of anilines is 2. The maximum Gasteiger partial charge on any atom is 0.261 e. The number of aliphatic imine (C=N–C) groups is 1. The highest BCUT2D eigenvalue weighted by atomic mass is 16.5. The average Bonchev–Trinajstić information content (AvgIpc) is 3.25. The largest absolute Gasteiger partial charge is 0.493 e. The van der Waals surface area contributed by atoms with E-state index in [2.05, 4.69) is 15.6 Å². The van der Waals surface area contributed by atoms with Crippen LogP contribution in [0.1, 0.15) is 34.0 Å². The monoisotopic (exact) mass is 514 g/mol. The fourth-order valence-corrected chi connectivity index (χ4v) is 4.74. The van der Waals surface area contributed by atoms with Crippen molar-refractivity contribution in [3.63, 3.8) is 0 Å². The van der Waals surface area contributed by atoms with Crippen LogP contribution in [-0.4, -0.2) is 49.4 Å². The molecule has 2 amide bonds. The number of hydrogen-bond donors (Lipinski definition) is 3. The molecule has 0 aliphatic carbocycles. The van der Waals surface area contributed by atoms with Gasteiger partial charge in [-0.05, 0) is 61.0 Å². The van der Waals surface area contributed by atoms with Crippen LogP contribution < -0.4 is 25.0 Å². The van der Waals surface area contributed by atoms with Crippen LogP contribution in [-0.2, 0) is 24.4 Å². The molecule has 0 fully saturated rings. The Kier molecular flexibility index (Phi) is 7.13. The van der Waals surface area contributed by atoms with Crippen LogP contribution in [0.2, 0.25) is 0 Å². The van der Waals surface area contributed by atoms with Crippen molar-refractivity contribution in [2.45, 2.75) is 38.6 Å². The molecule has 0 spiro atoms. The third kappa shape index (κ3) is 4.85. The van der Waals surface area contributed by atoms with Crippen LogP contribution in [0.5, 0.6) is 11.5 Å². The van der Waals surface area contributed by atoms with Gasteiger partial charge in [-0.2, -0.15) is 0 Å². The van der Waals surface area contributed by atoms with Gasteiger partial charge in [-0.25, -0.2) is 0 Å². The van der Waals surface area contributed by atoms with Gasteiger partial charge in [0.05, 0.1) is 37.1 Å². The highest BCUT2D eigenvalue weighted by molar-refractivity contribution is 6.14. The molecule has 38 heavy (non-hydrogen) atoms. The van der Waals surface area contributed by atoms with E-state index in [-0.39, 0.29) is 37.1 Å². The van der Waals surface area contributed by atoms with Gasteiger partial charge >= 0.3 is 0 Å². The molecule has 2 unspecified atom stereocenters. The number of likely N-dealkylation sites (N-methyl/N-ethyl adjacent to an activating group) is 1. The molecule has 2 aliphatic rings. The Labute approximate surface area is 221 Å². The predicted molar refractivity (Wildman–Crippen MR) is 146 cm³/mol. The van der Waals surface area contributed by atoms with Crippen molar-refractivity contribution < 1.29 is 24.2 Å². The molecule has 3 aromatic rings. The summed E-state index contributed by atoms with van der Waals surface area (Å²) in [6.45, 7) is 1.72. The number of nitrogens with one attached hydrogen (secondary N) is 2. The molecule has 5 rings (SSSR count). The van der Waals surface area contributed by atoms with E-state index in [9.17, 15) is 14.7 Å². The number of amides is 2. The molecule has 0 aromatic heterocycles. The summed E-state index contributed by atoms with van der Waals surface area (Å²) in [6.07, 6.45) is 2.53. The quantitative estimate of drug-likeness (QED) is 0.424. The Hall–Kier alpha value is -4.21. The first kappa shape index (κ1) is 25.4. The van der Waals surface area contributed by atoms with Crippen LogP contribution in [0.15, 0.2) is 59.6 Å². The first-order valence-corrected chi connectivity index (χ1v) is 12.4. The molecule has 0 saturated heterocycles. The molecule has 2 atom stereocenters. The maximum atomic E-state index is 13.6. The normalized spacial score (nSPS) is 16.3. The third-order valence-electron chi connectivity index (χ3n) is 6.85. The third-order valence-corrected chi connectivity index (χ3v) is 6.85. The topological polar surface area (TPSA) is 112 Å². The molecular formula is C29H30N4O5. The van der Waals surface area contributed by atoms with E-state index in [4.69, 9.17) is 9.47 Å². The summed E-state index contributed by atoms with van der Waals surface area (Å²) in [7, 11) is 3.23. The molecule has 2 heterocycles. The van der Waals surface area contributed by atoms with E-state index < -0.39 is 0 Å². The minimum Gasteiger partial charge on any atom is -0.493 e. The fraction of sp³-hybridized carbons (Fsp3) is 0.276. The number of rotatable bonds is 8. The number of aliphatic hydroxyl groups excluding tert-OH is 1. The minimum absolute atomic E-state index is 0.135. The van der Waals surface area contributed by atoms with Crippen molar-refractivity contribution in [1.29, 1.82) is 0 Å². The molecular weight excluding hydrogens is 484 g/mol. The van der Waals surface area contributed by atoms with Crippen LogP contribution in [0.25, 0.3) is 0 Å². The Morgan fingerprint density at radius 3 is 2.71 bits per heavy atom. The standard InChI is InChI=1S/C29H30N4O5/c1-17(30-2)28(35)32-21-9-18(15-34)8-19(10-21)16-38-27-13-24-23(12-26(27)37-3)29(36)33-22(14-31-24)11-20-6-4-5-7-25(20)33/h4-10,12-14,17,22,30,34H,11,15-16H2,1-3H3,(H,32,35). The lowest BCUT2D eigenvalue weighted by atomic mass is 10.1. The summed E-state index contributed by atoms with van der Waals surface area (Å²) >= 11 is 0. The zero-order chi connectivity index (χ0) is 26.8. The van der Waals surface area contributed by atoms with E-state index >= 15 is 0 Å². The summed E-state index contributed by atoms with van der Waals surface area (Å²) in [5.74, 6) is 0.520. The smallest absolute Gasteiger partial charge is 0.261 e. The van der Waals surface area contributed by atoms with Crippen molar-refractivity contribution in [2.24, 2.45) is 4.99 Å². The van der Waals surface area contributed by atoms with Crippen molar-refractivity contribution in [3.8, 4) is 11.5 Å². The number of aliphatic hydroxyl groups is 1. The average molecular weight is 515 g/mol. The number of carbonyl (C=O) groups is 2. The van der Waals surface area contributed by atoms with Crippen LogP contribution in [0.3, 0.4) is 0 Å². The number of fused-ring (bicyclic) bond motifs is 4. The van der Waals surface area contributed by atoms with Gasteiger partial charge in [0.25, 0.3) is 5.91 Å². The zero-order valence-corrected chi connectivity index (χ0v) is 21.5. The highest BCUT2D eigenvalue weighted by Crippen LogP contribution is 2.41. The molecule has 0 saturated carbocycles. The summed E-state index contributed by atoms with van der Waals surface area (Å²) < 4.78 is 11.7. The van der Waals surface area contributed by atoms with Crippen molar-refractivity contribution in [3.05, 3.63) is 76.9 Å². The molecule has 9 heteroatoms. The van der Waals surface area contributed by atoms with E-state index in [0.717, 1.165) is 16.8 Å². The number of hydrogen-bond acceptors (Lipinski definition) is 7. The second-order valence-electron chi connectivity index (χ2n) is 9.36. The van der Waals surface area contributed by atoms with Crippen LogP contribution in [0.4, 0.5) is 17.1 Å². The zero-order valence-electron chi connectivity index (χ0n) is 21.5. The van der Waals surface area contributed by atoms with Gasteiger partial charge in [-0.3, -0.25) is 19.5 Å². The number of para-hydroxylation sites is 1. The van der Waals surface area contributed by atoms with Gasteiger partial charge in [-0.15, -0.1) is 0 Å². The molecule has 2 aliphatic heterocycles. The maximum absolute atomic E-state index is 13.6. The van der Waals surface area contributed by atoms with Crippen molar-refractivity contribution in [1.82, 2.24) is 5.32 Å². The van der Waals surface area contributed by atoms with Crippen molar-refractivity contribution >= 4 is 35.1 Å². The second kappa shape index (κ2) is 10.6. The summed E-state index contributed by atoms with van der Waals surface area (Å²) in [4.78, 5) is 32.3. The highest BCUT2D eigenvalue weighted by Gasteiger charge is 2.36. The second-order valence-corrected chi connectivity index (χ2v) is 9.36. The minimum atomic E-state index is -0.371. The van der Waals surface area contributed by atoms with E-state index in [1.165, 1.54) is 7.11 Å². The lowest BCUT2D eigenvalue weighted by Crippen LogP contribution is -2.37. The van der Waals surface area contributed by atoms with E-state index in [0.29, 0.717) is 40.4 Å². The van der Waals surface area contributed by atoms with Crippen LogP contribution >= 0.6 is 0 Å². The van der Waals surface area contributed by atoms with Gasteiger partial charge in [0, 0.05) is 30.1 Å². The molecule has 0 bridgehead atoms. The summed E-state index contributed by atoms with van der Waals surface area (Å²) in [5, 5.41) is 15.5. The fourth-order valence-electron chi connectivity index (χ4n) is 4.74. The number of carbonyl (C=O) groups excluding carboxylic acids is 2. The molecule has 9 nitrogen and oxygen atoms in total. The Balaban J connectivity index is 1.40. The number of methoxy groups -OCH3 is 1. The van der Waals surface area contributed by atoms with E-state index in [1.807, 2.05) is 30.5 Å². The lowest BCUT2D eigenvalue weighted by molar-refractivity contribution is -0.117. The first-order valence-electron chi connectivity index (χ1n) is 12.4. The first-order chi connectivity index (χ1) is 18.4. The van der Waals surface area contributed by atoms with Crippen LogP contribution in [0, 0.1) is 0 Å². The predicted octanol–water partition coefficient (Wildman–Crippen LogP) is 3.60. The Bertz CT molecular complexity index is 1420. The Morgan fingerprint density at radius 2 is 1.95 bits per heavy atom. The molecule has 0 radical (unpaired) electrons. The number of ether oxygens (including phenoxy) is 2. The molecule has 3 aromatic carbocycles. The van der Waals surface area contributed by atoms with Crippen molar-refractivity contribution in [2.75, 3.05) is 24.4 Å². The van der Waals surface area contributed by atoms with Gasteiger partial charge in [0.15, 0.2) is 11.5 Å². The summed E-state index contributed by atoms with van der Waals surface area (Å²) in [6, 6.07) is 16.1. The van der Waals surface area contributed by atoms with Gasteiger partial charge in [0.2, 0.25) is 5.91 Å². The van der Waals surface area contributed by atoms with Gasteiger partial charge < -0.3 is 25.2 Å². The molecule has 196 valence electrons. The summed E-state index contributed by atoms with van der Waals surface area (Å²) in [5.41, 5.74) is 4.92. The van der Waals surface area contributed by atoms with Gasteiger partial charge in [0.1, 0.15) is 6.61 Å². The number of benzene rings is 3. The van der Waals surface area contributed by atoms with E-state index in [1.54, 1.807) is 49.2 Å². The van der Waals surface area contributed by atoms with Gasteiger partial charge in [-0.1, -0.05) is 18.2 Å². The lowest BCUT2D eigenvalue weighted by Gasteiger charge is -2.22. The SMILES string of the molecule is CNC(C)C(=O)Nc1cc(CO)cc(COc2cc3c(cc2OC)C(=O)N2c4ccccc4CC2C=N3)c1. The number of nitrogens with zero attached hydrogens (tertiary/aromatic N) is 2. The Morgan fingerprint density at radius 1 is 1.16 bits per heavy atom. The molecule has 3 N–H and O–H groups in total.